The van der Waals surface area contributed by atoms with Crippen LogP contribution in [0, 0.1) is 55.4 Å². The highest BCUT2D eigenvalue weighted by molar-refractivity contribution is 6.21. The number of hydrogen-bond donors (Lipinski definition) is 2. The van der Waals surface area contributed by atoms with E-state index in [-0.39, 0.29) is 11.6 Å². The zero-order valence-electron chi connectivity index (χ0n) is 44.4. The second-order valence-corrected chi connectivity index (χ2v) is 20.2. The van der Waals surface area contributed by atoms with Crippen LogP contribution in [0.4, 0.5) is 0 Å². The molecule has 0 aliphatic carbocycles. The molecule has 0 aliphatic heterocycles. The van der Waals surface area contributed by atoms with Crippen molar-refractivity contribution in [3.63, 3.8) is 0 Å². The number of oxime groups is 2. The Labute approximate surface area is 443 Å². The zero-order valence-corrected chi connectivity index (χ0v) is 44.4. The van der Waals surface area contributed by atoms with Gasteiger partial charge in [-0.25, -0.2) is 0 Å². The Balaban J connectivity index is 0.879. The van der Waals surface area contributed by atoms with Crippen molar-refractivity contribution in [3.8, 4) is 0 Å². The molecule has 10 nitrogen and oxygen atoms in total. The summed E-state index contributed by atoms with van der Waals surface area (Å²) < 4.78 is 17.0. The van der Waals surface area contributed by atoms with Crippen LogP contribution in [-0.4, -0.2) is 69.0 Å². The molecule has 10 rings (SSSR count). The van der Waals surface area contributed by atoms with Crippen LogP contribution in [0.5, 0.6) is 0 Å². The zero-order chi connectivity index (χ0) is 53.4. The maximum atomic E-state index is 14.2. The quantitative estimate of drug-likeness (QED) is 0.0307. The third-order valence-electron chi connectivity index (χ3n) is 14.9. The predicted octanol–water partition coefficient (Wildman–Crippen LogP) is 14.0. The molecule has 2 aromatic heterocycles. The minimum Gasteiger partial charge on any atom is -0.410 e. The molecular formula is C66H62N4O6. The van der Waals surface area contributed by atoms with Gasteiger partial charge in [0.2, 0.25) is 0 Å². The lowest BCUT2D eigenvalue weighted by Crippen LogP contribution is -2.12. The average molecular weight is 1010 g/mol. The van der Waals surface area contributed by atoms with Gasteiger partial charge in [0.25, 0.3) is 0 Å². The van der Waals surface area contributed by atoms with Crippen molar-refractivity contribution in [1.82, 2.24) is 9.13 Å². The summed E-state index contributed by atoms with van der Waals surface area (Å²) in [5.74, 6) is -0.0421. The van der Waals surface area contributed by atoms with Crippen molar-refractivity contribution in [2.24, 2.45) is 10.3 Å². The average Bonchev–Trinajstić information content (AvgIpc) is 3.90. The van der Waals surface area contributed by atoms with Crippen LogP contribution in [0.3, 0.4) is 0 Å². The Bertz CT molecular complexity index is 3700. The van der Waals surface area contributed by atoms with Gasteiger partial charge in [-0.3, -0.25) is 9.59 Å². The highest BCUT2D eigenvalue weighted by Gasteiger charge is 2.22. The summed E-state index contributed by atoms with van der Waals surface area (Å²) in [6, 6.07) is 47.9. The summed E-state index contributed by atoms with van der Waals surface area (Å²) in [6.07, 6.45) is 0. The molecule has 8 aromatic carbocycles. The molecule has 0 unspecified atom stereocenters. The molecule has 0 amide bonds. The largest absolute Gasteiger partial charge is 0.410 e. The van der Waals surface area contributed by atoms with Crippen molar-refractivity contribution < 1.29 is 29.5 Å². The molecule has 382 valence electrons. The number of nitrogens with zero attached hydrogens (tertiary/aromatic N) is 4. The minimum absolute atomic E-state index is 0.0211. The molecule has 10 aromatic rings. The molecule has 10 heteroatoms. The van der Waals surface area contributed by atoms with E-state index in [4.69, 9.17) is 9.47 Å². The van der Waals surface area contributed by atoms with Gasteiger partial charge in [-0.2, -0.15) is 0 Å². The van der Waals surface area contributed by atoms with Crippen LogP contribution in [-0.2, 0) is 22.6 Å². The van der Waals surface area contributed by atoms with Crippen molar-refractivity contribution in [3.05, 3.63) is 235 Å². The Kier molecular flexibility index (Phi) is 14.4. The molecule has 0 saturated carbocycles. The van der Waals surface area contributed by atoms with E-state index in [1.54, 1.807) is 0 Å². The molecule has 2 heterocycles. The fourth-order valence-corrected chi connectivity index (χ4v) is 11.5. The molecule has 0 radical (unpaired) electrons. The Morgan fingerprint density at radius 2 is 0.711 bits per heavy atom. The Morgan fingerprint density at radius 1 is 0.395 bits per heavy atom. The number of ether oxygens (including phenoxy) is 2. The molecule has 0 fully saturated rings. The Morgan fingerprint density at radius 3 is 1.04 bits per heavy atom. The third kappa shape index (κ3) is 9.62. The fourth-order valence-electron chi connectivity index (χ4n) is 11.5. The van der Waals surface area contributed by atoms with Crippen LogP contribution in [0.25, 0.3) is 43.6 Å². The summed E-state index contributed by atoms with van der Waals surface area (Å²) in [5.41, 5.74) is 18.7. The van der Waals surface area contributed by atoms with Crippen LogP contribution >= 0.6 is 0 Å². The normalized spacial score (nSPS) is 12.2. The third-order valence-corrected chi connectivity index (χ3v) is 14.9. The molecule has 76 heavy (non-hydrogen) atoms. The number of carbonyl (C=O) groups excluding carboxylic acids is 2. The highest BCUT2D eigenvalue weighted by atomic mass is 16.5. The van der Waals surface area contributed by atoms with Crippen LogP contribution in [0.15, 0.2) is 156 Å². The van der Waals surface area contributed by atoms with Crippen molar-refractivity contribution in [2.75, 3.05) is 26.4 Å². The summed E-state index contributed by atoms with van der Waals surface area (Å²) in [5, 5.41) is 32.0. The van der Waals surface area contributed by atoms with Gasteiger partial charge in [0.1, 0.15) is 11.4 Å². The maximum absolute atomic E-state index is 14.2. The molecule has 0 saturated heterocycles. The number of ketones is 2. The molecule has 0 spiro atoms. The van der Waals surface area contributed by atoms with Crippen molar-refractivity contribution >= 4 is 66.6 Å². The lowest BCUT2D eigenvalue weighted by Gasteiger charge is -2.12. The predicted molar refractivity (Wildman–Crippen MR) is 306 cm³/mol. The summed E-state index contributed by atoms with van der Waals surface area (Å²) >= 11 is 0. The number of aromatic nitrogens is 2. The maximum Gasteiger partial charge on any atom is 0.193 e. The summed E-state index contributed by atoms with van der Waals surface area (Å²) in [7, 11) is 0. The molecule has 2 N–H and O–H groups in total. The van der Waals surface area contributed by atoms with Gasteiger partial charge < -0.3 is 29.0 Å². The van der Waals surface area contributed by atoms with Crippen LogP contribution in [0.2, 0.25) is 0 Å². The van der Waals surface area contributed by atoms with E-state index in [0.717, 1.165) is 122 Å². The summed E-state index contributed by atoms with van der Waals surface area (Å²) in [6.45, 7) is 18.7. The van der Waals surface area contributed by atoms with Gasteiger partial charge >= 0.3 is 0 Å². The number of hydrogen-bond acceptors (Lipinski definition) is 8. The van der Waals surface area contributed by atoms with Crippen LogP contribution < -0.4 is 0 Å². The summed E-state index contributed by atoms with van der Waals surface area (Å²) in [4.78, 5) is 28.4. The van der Waals surface area contributed by atoms with Gasteiger partial charge in [-0.05, 0) is 149 Å². The van der Waals surface area contributed by atoms with Crippen molar-refractivity contribution in [1.29, 1.82) is 0 Å². The lowest BCUT2D eigenvalue weighted by molar-refractivity contribution is 0.0431. The second kappa shape index (κ2) is 21.4. The van der Waals surface area contributed by atoms with E-state index in [1.807, 2.05) is 152 Å². The number of benzene rings is 8. The SMILES string of the molecule is Cc1cc(C)c(C(=O)c2ccc3c(c2)c2cc(C(=NO)c4ccccc4C)ccc2n3CCOCCOCCn2c3ccc(C(=O)c4c(C)cc(C)cc4C)cc3c3cc(C(=NO)c4ccccc4C)ccc32)c(C)c1. The van der Waals surface area contributed by atoms with E-state index in [0.29, 0.717) is 62.1 Å². The van der Waals surface area contributed by atoms with Crippen LogP contribution in [0.1, 0.15) is 98.6 Å². The molecule has 0 bridgehead atoms. The van der Waals surface area contributed by atoms with Gasteiger partial charge in [0, 0.05) is 101 Å². The number of carbonyl (C=O) groups is 2. The van der Waals surface area contributed by atoms with E-state index in [2.05, 4.69) is 68.0 Å². The molecule has 0 aliphatic rings. The first-order chi connectivity index (χ1) is 36.8. The standard InChI is InChI=1S/C66H62N4O6/c1-39-31-43(5)61(44(6)32-39)65(71)49-19-23-59-55(37-49)53-35-47(63(67-73)51-15-11-9-13-41(51)3)17-21-57(53)69(59)25-27-75-29-30-76-28-26-70-58-22-18-48(64(68-74)52-16-12-10-14-42(52)4)36-54(58)56-38-50(20-24-60(56)70)66(72)62-45(7)33-40(2)34-46(62)8/h9-24,31-38,73-74H,25-30H2,1-8H3. The monoisotopic (exact) mass is 1010 g/mol. The highest BCUT2D eigenvalue weighted by Crippen LogP contribution is 2.35. The van der Waals surface area contributed by atoms with Gasteiger partial charge in [-0.15, -0.1) is 0 Å². The topological polar surface area (TPSA) is 128 Å². The minimum atomic E-state index is -0.0211. The first-order valence-corrected chi connectivity index (χ1v) is 25.9. The van der Waals surface area contributed by atoms with Gasteiger partial charge in [-0.1, -0.05) is 106 Å². The van der Waals surface area contributed by atoms with E-state index < -0.39 is 0 Å². The second-order valence-electron chi connectivity index (χ2n) is 20.2. The number of fused-ring (bicyclic) bond motifs is 6. The van der Waals surface area contributed by atoms with E-state index in [9.17, 15) is 20.0 Å². The van der Waals surface area contributed by atoms with Crippen molar-refractivity contribution in [2.45, 2.75) is 68.5 Å². The lowest BCUT2D eigenvalue weighted by atomic mass is 9.92. The first-order valence-electron chi connectivity index (χ1n) is 25.9. The van der Waals surface area contributed by atoms with Gasteiger partial charge in [0.15, 0.2) is 11.6 Å². The molecule has 0 atom stereocenters. The number of aryl methyl sites for hydroxylation is 8. The Hall–Kier alpha value is -8.44. The fraction of sp³-hybridized carbons (Fsp3) is 0.212. The van der Waals surface area contributed by atoms with Gasteiger partial charge in [0.05, 0.1) is 26.4 Å². The van der Waals surface area contributed by atoms with E-state index >= 15 is 0 Å². The smallest absolute Gasteiger partial charge is 0.193 e. The molecular weight excluding hydrogens is 945 g/mol. The first kappa shape index (κ1) is 51.1. The number of rotatable bonds is 17. The van der Waals surface area contributed by atoms with E-state index in [1.165, 1.54) is 0 Å².